The average Bonchev–Trinajstić information content (AvgIpc) is 2.27. The number of carbonyl (C=O) groups is 3. The van der Waals surface area contributed by atoms with E-state index in [9.17, 15) is 14.4 Å². The summed E-state index contributed by atoms with van der Waals surface area (Å²) in [4.78, 5) is 34.6. The zero-order chi connectivity index (χ0) is 15.0. The van der Waals surface area contributed by atoms with Gasteiger partial charge >= 0.3 is 18.0 Å². The Kier molecular flexibility index (Phi) is 7.50. The van der Waals surface area contributed by atoms with Crippen LogP contribution in [0.1, 0.15) is 20.3 Å². The van der Waals surface area contributed by atoms with Crippen LogP contribution in [0.4, 0.5) is 4.79 Å². The SMILES string of the molecule is COCCN(C(=O)N[C@@H](CC(=O)O)C(=O)O)C(C)C. The molecule has 0 saturated heterocycles. The Morgan fingerprint density at radius 2 is 1.84 bits per heavy atom. The Morgan fingerprint density at radius 1 is 1.26 bits per heavy atom. The maximum Gasteiger partial charge on any atom is 0.326 e. The molecular weight excluding hydrogens is 256 g/mol. The highest BCUT2D eigenvalue weighted by Crippen LogP contribution is 2.01. The van der Waals surface area contributed by atoms with E-state index < -0.39 is 30.4 Å². The van der Waals surface area contributed by atoms with E-state index in [4.69, 9.17) is 14.9 Å². The van der Waals surface area contributed by atoms with E-state index in [1.54, 1.807) is 13.8 Å². The molecule has 110 valence electrons. The number of ether oxygens (including phenoxy) is 1. The fourth-order valence-corrected chi connectivity index (χ4v) is 1.39. The monoisotopic (exact) mass is 276 g/mol. The predicted molar refractivity (Wildman–Crippen MR) is 65.9 cm³/mol. The standard InChI is InChI=1S/C11H20N2O6/c1-7(2)13(4-5-19-3)11(18)12-8(10(16)17)6-9(14)15/h7-8H,4-6H2,1-3H3,(H,12,18)(H,14,15)(H,16,17)/t8-/m0/s1. The molecule has 19 heavy (non-hydrogen) atoms. The molecule has 0 aliphatic heterocycles. The third kappa shape index (κ3) is 6.61. The molecule has 3 N–H and O–H groups in total. The first-order chi connectivity index (χ1) is 8.79. The van der Waals surface area contributed by atoms with Gasteiger partial charge in [-0.05, 0) is 13.8 Å². The zero-order valence-electron chi connectivity index (χ0n) is 11.3. The first-order valence-electron chi connectivity index (χ1n) is 5.80. The Hall–Kier alpha value is -1.83. The van der Waals surface area contributed by atoms with Gasteiger partial charge in [0.05, 0.1) is 13.0 Å². The van der Waals surface area contributed by atoms with E-state index in [0.29, 0.717) is 13.2 Å². The van der Waals surface area contributed by atoms with Gasteiger partial charge in [-0.1, -0.05) is 0 Å². The van der Waals surface area contributed by atoms with Gasteiger partial charge in [0.25, 0.3) is 0 Å². The molecule has 0 aromatic rings. The van der Waals surface area contributed by atoms with Gasteiger partial charge in [0.2, 0.25) is 0 Å². The number of hydrogen-bond donors (Lipinski definition) is 3. The number of carbonyl (C=O) groups excluding carboxylic acids is 1. The van der Waals surface area contributed by atoms with Gasteiger partial charge in [-0.15, -0.1) is 0 Å². The summed E-state index contributed by atoms with van der Waals surface area (Å²) in [5.41, 5.74) is 0. The van der Waals surface area contributed by atoms with Crippen LogP contribution in [0.5, 0.6) is 0 Å². The van der Waals surface area contributed by atoms with Crippen molar-refractivity contribution in [2.24, 2.45) is 0 Å². The third-order valence-electron chi connectivity index (χ3n) is 2.40. The largest absolute Gasteiger partial charge is 0.481 e. The number of amides is 2. The molecular formula is C11H20N2O6. The van der Waals surface area contributed by atoms with Crippen LogP contribution in [-0.4, -0.2) is 65.4 Å². The van der Waals surface area contributed by atoms with E-state index in [1.807, 2.05) is 0 Å². The number of urea groups is 1. The molecule has 8 nitrogen and oxygen atoms in total. The van der Waals surface area contributed by atoms with E-state index >= 15 is 0 Å². The van der Waals surface area contributed by atoms with Crippen molar-refractivity contribution in [1.82, 2.24) is 10.2 Å². The summed E-state index contributed by atoms with van der Waals surface area (Å²) in [5, 5.41) is 19.6. The molecule has 1 atom stereocenters. The molecule has 0 aromatic heterocycles. The number of carboxylic acid groups (broad SMARTS) is 2. The zero-order valence-corrected chi connectivity index (χ0v) is 11.3. The summed E-state index contributed by atoms with van der Waals surface area (Å²) in [6.07, 6.45) is -0.669. The Bertz CT molecular complexity index is 331. The van der Waals surface area contributed by atoms with E-state index in [1.165, 1.54) is 12.0 Å². The molecule has 0 unspecified atom stereocenters. The minimum absolute atomic E-state index is 0.158. The lowest BCUT2D eigenvalue weighted by Crippen LogP contribution is -2.51. The second-order valence-electron chi connectivity index (χ2n) is 4.22. The minimum atomic E-state index is -1.45. The second kappa shape index (κ2) is 8.30. The Balaban J connectivity index is 4.65. The van der Waals surface area contributed by atoms with E-state index in [0.717, 1.165) is 0 Å². The molecule has 0 bridgehead atoms. The molecule has 0 rings (SSSR count). The summed E-state index contributed by atoms with van der Waals surface area (Å²) in [6, 6.07) is -2.23. The van der Waals surface area contributed by atoms with Crippen LogP contribution in [0.2, 0.25) is 0 Å². The fourth-order valence-electron chi connectivity index (χ4n) is 1.39. The van der Waals surface area contributed by atoms with Crippen molar-refractivity contribution in [3.63, 3.8) is 0 Å². The molecule has 0 spiro atoms. The molecule has 0 aliphatic rings. The lowest BCUT2D eigenvalue weighted by Gasteiger charge is -2.28. The van der Waals surface area contributed by atoms with Gasteiger partial charge in [0, 0.05) is 19.7 Å². The molecule has 0 aromatic carbocycles. The summed E-state index contributed by atoms with van der Waals surface area (Å²) >= 11 is 0. The quantitative estimate of drug-likeness (QED) is 0.573. The highest BCUT2D eigenvalue weighted by atomic mass is 16.5. The molecule has 2 amide bonds. The Labute approximate surface area is 111 Å². The number of carboxylic acids is 2. The lowest BCUT2D eigenvalue weighted by molar-refractivity contribution is -0.145. The van der Waals surface area contributed by atoms with Gasteiger partial charge in [0.15, 0.2) is 0 Å². The maximum atomic E-state index is 11.9. The third-order valence-corrected chi connectivity index (χ3v) is 2.40. The molecule has 8 heteroatoms. The van der Waals surface area contributed by atoms with Gasteiger partial charge in [-0.25, -0.2) is 9.59 Å². The number of nitrogens with zero attached hydrogens (tertiary/aromatic N) is 1. The van der Waals surface area contributed by atoms with Gasteiger partial charge in [0.1, 0.15) is 6.04 Å². The number of hydrogen-bond acceptors (Lipinski definition) is 4. The van der Waals surface area contributed by atoms with Crippen LogP contribution in [0, 0.1) is 0 Å². The summed E-state index contributed by atoms with van der Waals surface area (Å²) in [6.45, 7) is 4.13. The molecule has 0 saturated carbocycles. The molecule has 0 fully saturated rings. The molecule has 0 heterocycles. The summed E-state index contributed by atoms with van der Waals surface area (Å²) < 4.78 is 4.86. The lowest BCUT2D eigenvalue weighted by atomic mass is 10.2. The average molecular weight is 276 g/mol. The van der Waals surface area contributed by atoms with Crippen molar-refractivity contribution in [3.05, 3.63) is 0 Å². The van der Waals surface area contributed by atoms with E-state index in [2.05, 4.69) is 5.32 Å². The number of methoxy groups -OCH3 is 1. The van der Waals surface area contributed by atoms with Crippen molar-refractivity contribution in [1.29, 1.82) is 0 Å². The van der Waals surface area contributed by atoms with Crippen LogP contribution >= 0.6 is 0 Å². The summed E-state index contributed by atoms with van der Waals surface area (Å²) in [7, 11) is 1.49. The second-order valence-corrected chi connectivity index (χ2v) is 4.22. The van der Waals surface area contributed by atoms with Crippen LogP contribution in [0.15, 0.2) is 0 Å². The number of nitrogens with one attached hydrogen (secondary N) is 1. The van der Waals surface area contributed by atoms with Crippen LogP contribution in [0.25, 0.3) is 0 Å². The van der Waals surface area contributed by atoms with Crippen molar-refractivity contribution < 1.29 is 29.3 Å². The van der Waals surface area contributed by atoms with E-state index in [-0.39, 0.29) is 6.04 Å². The number of rotatable bonds is 8. The summed E-state index contributed by atoms with van der Waals surface area (Å²) in [5.74, 6) is -2.67. The highest BCUT2D eigenvalue weighted by Gasteiger charge is 2.26. The number of aliphatic carboxylic acids is 2. The predicted octanol–water partition coefficient (Wildman–Crippen LogP) is -0.0193. The van der Waals surface area contributed by atoms with Crippen LogP contribution < -0.4 is 5.32 Å². The first kappa shape index (κ1) is 17.2. The minimum Gasteiger partial charge on any atom is -0.481 e. The highest BCUT2D eigenvalue weighted by molar-refractivity contribution is 5.86. The topological polar surface area (TPSA) is 116 Å². The van der Waals surface area contributed by atoms with Gasteiger partial charge < -0.3 is 25.2 Å². The van der Waals surface area contributed by atoms with Gasteiger partial charge in [-0.3, -0.25) is 4.79 Å². The van der Waals surface area contributed by atoms with Crippen molar-refractivity contribution in [2.75, 3.05) is 20.3 Å². The van der Waals surface area contributed by atoms with Crippen molar-refractivity contribution >= 4 is 18.0 Å². The maximum absolute atomic E-state index is 11.9. The van der Waals surface area contributed by atoms with Crippen LogP contribution in [0.3, 0.4) is 0 Å². The van der Waals surface area contributed by atoms with Crippen molar-refractivity contribution in [3.8, 4) is 0 Å². The molecule has 0 radical (unpaired) electrons. The fraction of sp³-hybridized carbons (Fsp3) is 0.727. The Morgan fingerprint density at radius 3 is 2.21 bits per heavy atom. The smallest absolute Gasteiger partial charge is 0.326 e. The first-order valence-corrected chi connectivity index (χ1v) is 5.80. The van der Waals surface area contributed by atoms with Gasteiger partial charge in [-0.2, -0.15) is 0 Å². The molecule has 0 aliphatic carbocycles. The normalized spacial score (nSPS) is 12.0. The van der Waals surface area contributed by atoms with Crippen molar-refractivity contribution in [2.45, 2.75) is 32.4 Å². The van der Waals surface area contributed by atoms with Crippen LogP contribution in [-0.2, 0) is 14.3 Å².